The first-order valence-electron chi connectivity index (χ1n) is 9.70. The van der Waals surface area contributed by atoms with Gasteiger partial charge in [-0.25, -0.2) is 14.2 Å². The summed E-state index contributed by atoms with van der Waals surface area (Å²) in [4.78, 5) is 19.2. The van der Waals surface area contributed by atoms with Crippen LogP contribution in [0.3, 0.4) is 0 Å². The molecule has 0 unspecified atom stereocenters. The lowest BCUT2D eigenvalue weighted by Gasteiger charge is -2.37. The van der Waals surface area contributed by atoms with Crippen LogP contribution in [0.5, 0.6) is 0 Å². The SMILES string of the molecule is C[C@@H]1CN(c2ccc3cc(-c4cn5cccc(F)c5n4)c(=O)oc3c2)C[C@H](C)N1. The first kappa shape index (κ1) is 17.9. The van der Waals surface area contributed by atoms with Gasteiger partial charge in [0.15, 0.2) is 11.5 Å². The Labute approximate surface area is 166 Å². The summed E-state index contributed by atoms with van der Waals surface area (Å²) in [5, 5.41) is 4.32. The van der Waals surface area contributed by atoms with Crippen LogP contribution in [-0.4, -0.2) is 34.6 Å². The lowest BCUT2D eigenvalue weighted by atomic mass is 10.1. The van der Waals surface area contributed by atoms with E-state index in [0.717, 1.165) is 24.2 Å². The largest absolute Gasteiger partial charge is 0.422 e. The van der Waals surface area contributed by atoms with Crippen LogP contribution in [0.2, 0.25) is 0 Å². The molecule has 4 aromatic rings. The van der Waals surface area contributed by atoms with Gasteiger partial charge in [0.05, 0.1) is 11.3 Å². The maximum atomic E-state index is 14.0. The molecule has 0 aliphatic carbocycles. The van der Waals surface area contributed by atoms with Crippen LogP contribution in [0.15, 0.2) is 58.0 Å². The minimum absolute atomic E-state index is 0.180. The van der Waals surface area contributed by atoms with E-state index in [2.05, 4.69) is 29.0 Å². The number of hydrogen-bond acceptors (Lipinski definition) is 5. The molecule has 1 fully saturated rings. The second-order valence-electron chi connectivity index (χ2n) is 7.76. The molecule has 2 atom stereocenters. The summed E-state index contributed by atoms with van der Waals surface area (Å²) in [6.07, 6.45) is 3.33. The summed E-state index contributed by atoms with van der Waals surface area (Å²) in [6.45, 7) is 6.11. The summed E-state index contributed by atoms with van der Waals surface area (Å²) in [5.41, 5.74) is 1.96. The smallest absolute Gasteiger partial charge is 0.345 e. The molecule has 0 bridgehead atoms. The molecule has 148 valence electrons. The molecule has 6 nitrogen and oxygen atoms in total. The number of pyridine rings is 1. The summed E-state index contributed by atoms with van der Waals surface area (Å²) in [6, 6.07) is 11.4. The molecule has 0 saturated carbocycles. The highest BCUT2D eigenvalue weighted by Crippen LogP contribution is 2.26. The second-order valence-corrected chi connectivity index (χ2v) is 7.76. The number of benzene rings is 1. The molecule has 1 saturated heterocycles. The Balaban J connectivity index is 1.56. The zero-order valence-electron chi connectivity index (χ0n) is 16.2. The first-order chi connectivity index (χ1) is 14.0. The van der Waals surface area contributed by atoms with E-state index in [0.29, 0.717) is 28.9 Å². The van der Waals surface area contributed by atoms with Crippen LogP contribution in [0.4, 0.5) is 10.1 Å². The van der Waals surface area contributed by atoms with Gasteiger partial charge >= 0.3 is 5.63 Å². The van der Waals surface area contributed by atoms with Crippen molar-refractivity contribution < 1.29 is 8.81 Å². The topological polar surface area (TPSA) is 62.8 Å². The van der Waals surface area contributed by atoms with Crippen molar-refractivity contribution in [3.05, 3.63) is 65.0 Å². The van der Waals surface area contributed by atoms with E-state index < -0.39 is 11.4 Å². The number of piperazine rings is 1. The lowest BCUT2D eigenvalue weighted by Crippen LogP contribution is -2.54. The Morgan fingerprint density at radius 3 is 2.72 bits per heavy atom. The fraction of sp³-hybridized carbons (Fsp3) is 0.273. The average Bonchev–Trinajstić information content (AvgIpc) is 3.11. The molecule has 29 heavy (non-hydrogen) atoms. The molecule has 1 aliphatic rings. The quantitative estimate of drug-likeness (QED) is 0.530. The highest BCUT2D eigenvalue weighted by atomic mass is 19.1. The van der Waals surface area contributed by atoms with Crippen LogP contribution in [0.1, 0.15) is 13.8 Å². The molecule has 7 heteroatoms. The van der Waals surface area contributed by atoms with Gasteiger partial charge in [-0.1, -0.05) is 0 Å². The molecule has 1 aromatic carbocycles. The van der Waals surface area contributed by atoms with Crippen molar-refractivity contribution in [2.75, 3.05) is 18.0 Å². The van der Waals surface area contributed by atoms with Crippen molar-refractivity contribution in [3.63, 3.8) is 0 Å². The summed E-state index contributed by atoms with van der Waals surface area (Å²) < 4.78 is 21.1. The van der Waals surface area contributed by atoms with Gasteiger partial charge in [0.2, 0.25) is 0 Å². The van der Waals surface area contributed by atoms with E-state index in [4.69, 9.17) is 4.42 Å². The van der Waals surface area contributed by atoms with Crippen LogP contribution in [0, 0.1) is 5.82 Å². The minimum Gasteiger partial charge on any atom is -0.422 e. The van der Waals surface area contributed by atoms with E-state index in [1.165, 1.54) is 6.07 Å². The molecule has 0 spiro atoms. The van der Waals surface area contributed by atoms with Gasteiger partial charge < -0.3 is 19.0 Å². The number of rotatable bonds is 2. The number of halogens is 1. The van der Waals surface area contributed by atoms with Gasteiger partial charge in [0.1, 0.15) is 5.58 Å². The van der Waals surface area contributed by atoms with Crippen LogP contribution in [0.25, 0.3) is 27.9 Å². The predicted molar refractivity (Wildman–Crippen MR) is 111 cm³/mol. The predicted octanol–water partition coefficient (Wildman–Crippen LogP) is 3.43. The Kier molecular flexibility index (Phi) is 4.13. The Hall–Kier alpha value is -3.19. The number of hydrogen-bond donors (Lipinski definition) is 1. The van der Waals surface area contributed by atoms with E-state index in [1.54, 1.807) is 28.9 Å². The number of anilines is 1. The van der Waals surface area contributed by atoms with Gasteiger partial charge in [-0.05, 0) is 44.2 Å². The number of nitrogens with zero attached hydrogens (tertiary/aromatic N) is 3. The first-order valence-corrected chi connectivity index (χ1v) is 9.70. The Morgan fingerprint density at radius 2 is 1.97 bits per heavy atom. The van der Waals surface area contributed by atoms with Crippen molar-refractivity contribution in [3.8, 4) is 11.3 Å². The van der Waals surface area contributed by atoms with Crippen molar-refractivity contribution in [2.24, 2.45) is 0 Å². The zero-order chi connectivity index (χ0) is 20.1. The third kappa shape index (κ3) is 3.17. The normalized spacial score (nSPS) is 19.9. The van der Waals surface area contributed by atoms with Crippen molar-refractivity contribution >= 4 is 22.3 Å². The number of aromatic nitrogens is 2. The average molecular weight is 392 g/mol. The van der Waals surface area contributed by atoms with E-state index in [1.807, 2.05) is 18.2 Å². The van der Waals surface area contributed by atoms with E-state index >= 15 is 0 Å². The fourth-order valence-electron chi connectivity index (χ4n) is 4.12. The lowest BCUT2D eigenvalue weighted by molar-refractivity contribution is 0.407. The van der Waals surface area contributed by atoms with Gasteiger partial charge in [0, 0.05) is 54.7 Å². The molecule has 1 N–H and O–H groups in total. The van der Waals surface area contributed by atoms with Crippen LogP contribution < -0.4 is 15.8 Å². The van der Waals surface area contributed by atoms with E-state index in [9.17, 15) is 9.18 Å². The zero-order valence-corrected chi connectivity index (χ0v) is 16.2. The summed E-state index contributed by atoms with van der Waals surface area (Å²) >= 11 is 0. The molecule has 4 heterocycles. The maximum absolute atomic E-state index is 14.0. The van der Waals surface area contributed by atoms with Crippen molar-refractivity contribution in [1.29, 1.82) is 0 Å². The third-order valence-corrected chi connectivity index (χ3v) is 5.35. The molecule has 5 rings (SSSR count). The molecule has 1 aliphatic heterocycles. The molecule has 0 radical (unpaired) electrons. The minimum atomic E-state index is -0.486. The molecule has 0 amide bonds. The van der Waals surface area contributed by atoms with Gasteiger partial charge in [-0.15, -0.1) is 0 Å². The number of imidazole rings is 1. The maximum Gasteiger partial charge on any atom is 0.345 e. The molecule has 3 aromatic heterocycles. The number of nitrogens with one attached hydrogen (secondary N) is 1. The van der Waals surface area contributed by atoms with E-state index in [-0.39, 0.29) is 5.65 Å². The van der Waals surface area contributed by atoms with Gasteiger partial charge in [0.25, 0.3) is 0 Å². The third-order valence-electron chi connectivity index (χ3n) is 5.35. The standard InChI is InChI=1S/C22H21FN4O2/c1-13-10-27(11-14(2)24-13)16-6-5-15-8-17(22(28)29-20(15)9-16)19-12-26-7-3-4-18(23)21(26)25-19/h3-9,12-14,24H,10-11H2,1-2H3/t13-,14+. The number of fused-ring (bicyclic) bond motifs is 2. The second kappa shape index (κ2) is 6.70. The Bertz CT molecular complexity index is 1270. The molecular formula is C22H21FN4O2. The Morgan fingerprint density at radius 1 is 1.17 bits per heavy atom. The highest BCUT2D eigenvalue weighted by molar-refractivity contribution is 5.84. The van der Waals surface area contributed by atoms with Crippen molar-refractivity contribution in [2.45, 2.75) is 25.9 Å². The van der Waals surface area contributed by atoms with Crippen LogP contribution in [-0.2, 0) is 0 Å². The monoisotopic (exact) mass is 392 g/mol. The van der Waals surface area contributed by atoms with Crippen LogP contribution >= 0.6 is 0 Å². The molecular weight excluding hydrogens is 371 g/mol. The van der Waals surface area contributed by atoms with Crippen molar-refractivity contribution in [1.82, 2.24) is 14.7 Å². The fourth-order valence-corrected chi connectivity index (χ4v) is 4.12. The van der Waals surface area contributed by atoms with Gasteiger partial charge in [-0.3, -0.25) is 0 Å². The summed E-state index contributed by atoms with van der Waals surface area (Å²) in [7, 11) is 0. The summed E-state index contributed by atoms with van der Waals surface area (Å²) in [5.74, 6) is -0.437. The van der Waals surface area contributed by atoms with Gasteiger partial charge in [-0.2, -0.15) is 0 Å². The highest BCUT2D eigenvalue weighted by Gasteiger charge is 2.22.